The average Bonchev–Trinajstić information content (AvgIpc) is 2.91. The predicted molar refractivity (Wildman–Crippen MR) is 136 cm³/mol. The van der Waals surface area contributed by atoms with Crippen molar-refractivity contribution >= 4 is 23.0 Å². The maximum Gasteiger partial charge on any atom is 0.453 e. The van der Waals surface area contributed by atoms with Gasteiger partial charge in [-0.1, -0.05) is 43.3 Å². The molecule has 9 heteroatoms. The molecule has 6 nitrogen and oxygen atoms in total. The Kier molecular flexibility index (Phi) is 8.15. The number of hydrogen-bond acceptors (Lipinski definition) is 6. The molecule has 38 heavy (non-hydrogen) atoms. The maximum atomic E-state index is 13.8. The van der Waals surface area contributed by atoms with Gasteiger partial charge in [0.15, 0.2) is 0 Å². The van der Waals surface area contributed by atoms with Gasteiger partial charge in [0.25, 0.3) is 5.76 Å². The van der Waals surface area contributed by atoms with Crippen LogP contribution in [0.1, 0.15) is 35.0 Å². The lowest BCUT2D eigenvalue weighted by Crippen LogP contribution is -2.15. The average molecular weight is 524 g/mol. The fourth-order valence-electron chi connectivity index (χ4n) is 3.47. The Morgan fingerprint density at radius 3 is 2.37 bits per heavy atom. The van der Waals surface area contributed by atoms with Crippen molar-refractivity contribution in [2.75, 3.05) is 13.2 Å². The molecule has 0 aliphatic heterocycles. The minimum atomic E-state index is -5.01. The van der Waals surface area contributed by atoms with Crippen molar-refractivity contribution in [3.63, 3.8) is 0 Å². The topological polar surface area (TPSA) is 75.0 Å². The summed E-state index contributed by atoms with van der Waals surface area (Å²) in [6.07, 6.45) is -0.776. The zero-order valence-electron chi connectivity index (χ0n) is 20.3. The lowest BCUT2D eigenvalue weighted by Gasteiger charge is -2.14. The first-order valence-electron chi connectivity index (χ1n) is 11.7. The second kappa shape index (κ2) is 11.7. The Morgan fingerprint density at radius 1 is 0.974 bits per heavy atom. The number of esters is 1. The summed E-state index contributed by atoms with van der Waals surface area (Å²) in [6, 6.07) is 18.7. The van der Waals surface area contributed by atoms with Crippen molar-refractivity contribution in [2.45, 2.75) is 19.5 Å². The standard InChI is InChI=1S/C29H23F3O6/c1-2-16-36-28(34)20-10-12-21(13-11-20)37-26-25(33)23-15-14-22(18-24(23)38-27(26)29(30,31)32)35-17-6-9-19-7-4-3-5-8-19/h3-15,18H,2,16-17H2,1H3/b9-6+. The minimum Gasteiger partial charge on any atom is -0.489 e. The normalized spacial score (nSPS) is 11.6. The zero-order valence-corrected chi connectivity index (χ0v) is 20.3. The van der Waals surface area contributed by atoms with E-state index in [1.54, 1.807) is 6.08 Å². The van der Waals surface area contributed by atoms with E-state index in [9.17, 15) is 22.8 Å². The van der Waals surface area contributed by atoms with Crippen molar-refractivity contribution in [3.05, 3.63) is 106 Å². The molecule has 0 spiro atoms. The van der Waals surface area contributed by atoms with Crippen LogP contribution in [0.15, 0.2) is 88.1 Å². The minimum absolute atomic E-state index is 0.0839. The Balaban J connectivity index is 1.58. The summed E-state index contributed by atoms with van der Waals surface area (Å²) in [5.41, 5.74) is -0.138. The molecule has 1 heterocycles. The number of alkyl halides is 3. The highest BCUT2D eigenvalue weighted by molar-refractivity contribution is 5.89. The molecule has 1 aromatic heterocycles. The number of fused-ring (bicyclic) bond motifs is 1. The van der Waals surface area contributed by atoms with Gasteiger partial charge >= 0.3 is 12.1 Å². The second-order valence-electron chi connectivity index (χ2n) is 8.13. The lowest BCUT2D eigenvalue weighted by atomic mass is 10.2. The van der Waals surface area contributed by atoms with Crippen LogP contribution in [0.4, 0.5) is 13.2 Å². The Bertz CT molecular complexity index is 1490. The van der Waals surface area contributed by atoms with Crippen LogP contribution in [0, 0.1) is 0 Å². The second-order valence-corrected chi connectivity index (χ2v) is 8.13. The van der Waals surface area contributed by atoms with E-state index in [1.165, 1.54) is 42.5 Å². The molecular weight excluding hydrogens is 501 g/mol. The van der Waals surface area contributed by atoms with E-state index in [0.29, 0.717) is 6.42 Å². The number of rotatable bonds is 9. The van der Waals surface area contributed by atoms with E-state index in [4.69, 9.17) is 18.6 Å². The van der Waals surface area contributed by atoms with Crippen LogP contribution in [-0.4, -0.2) is 19.2 Å². The zero-order chi connectivity index (χ0) is 27.1. The first kappa shape index (κ1) is 26.5. The third-order valence-electron chi connectivity index (χ3n) is 5.28. The first-order valence-corrected chi connectivity index (χ1v) is 11.7. The molecule has 0 amide bonds. The van der Waals surface area contributed by atoms with Crippen LogP contribution in [0.5, 0.6) is 17.2 Å². The molecule has 0 atom stereocenters. The third-order valence-corrected chi connectivity index (χ3v) is 5.28. The molecular formula is C29H23F3O6. The molecule has 0 saturated carbocycles. The Labute approximate surface area is 215 Å². The quantitative estimate of drug-likeness (QED) is 0.215. The van der Waals surface area contributed by atoms with Gasteiger partial charge in [-0.3, -0.25) is 4.79 Å². The Hall–Kier alpha value is -4.53. The summed E-state index contributed by atoms with van der Waals surface area (Å²) < 4.78 is 62.6. The van der Waals surface area contributed by atoms with Crippen molar-refractivity contribution in [3.8, 4) is 17.2 Å². The van der Waals surface area contributed by atoms with E-state index >= 15 is 0 Å². The van der Waals surface area contributed by atoms with E-state index in [1.807, 2.05) is 43.3 Å². The van der Waals surface area contributed by atoms with E-state index in [-0.39, 0.29) is 41.2 Å². The number of benzene rings is 3. The van der Waals surface area contributed by atoms with Crippen LogP contribution in [-0.2, 0) is 10.9 Å². The molecule has 0 bridgehead atoms. The van der Waals surface area contributed by atoms with Crippen molar-refractivity contribution < 1.29 is 36.6 Å². The summed E-state index contributed by atoms with van der Waals surface area (Å²) in [5.74, 6) is -3.02. The number of ether oxygens (including phenoxy) is 3. The predicted octanol–water partition coefficient (Wildman–Crippen LogP) is 7.26. The molecule has 0 radical (unpaired) electrons. The lowest BCUT2D eigenvalue weighted by molar-refractivity contribution is -0.154. The monoisotopic (exact) mass is 524 g/mol. The van der Waals surface area contributed by atoms with Gasteiger partial charge in [0.1, 0.15) is 23.7 Å². The fraction of sp³-hybridized carbons (Fsp3) is 0.172. The highest BCUT2D eigenvalue weighted by Crippen LogP contribution is 2.38. The fourth-order valence-corrected chi connectivity index (χ4v) is 3.47. The maximum absolute atomic E-state index is 13.8. The van der Waals surface area contributed by atoms with Crippen molar-refractivity contribution in [1.29, 1.82) is 0 Å². The highest BCUT2D eigenvalue weighted by atomic mass is 19.4. The number of hydrogen-bond donors (Lipinski definition) is 0. The van der Waals surface area contributed by atoms with E-state index in [0.717, 1.165) is 5.56 Å². The van der Waals surface area contributed by atoms with Gasteiger partial charge in [0.2, 0.25) is 11.2 Å². The molecule has 0 aliphatic carbocycles. The van der Waals surface area contributed by atoms with Crippen LogP contribution < -0.4 is 14.9 Å². The smallest absolute Gasteiger partial charge is 0.453 e. The molecule has 0 unspecified atom stereocenters. The van der Waals surface area contributed by atoms with Crippen LogP contribution in [0.2, 0.25) is 0 Å². The number of carbonyl (C=O) groups excluding carboxylic acids is 1. The van der Waals surface area contributed by atoms with Crippen LogP contribution in [0.25, 0.3) is 17.0 Å². The molecule has 0 saturated heterocycles. The molecule has 4 aromatic rings. The number of halogens is 3. The SMILES string of the molecule is CCCOC(=O)c1ccc(Oc2c(C(F)(F)F)oc3cc(OC/C=C/c4ccccc4)ccc3c2=O)cc1. The molecule has 0 aliphatic rings. The number of carbonyl (C=O) groups is 1. The summed E-state index contributed by atoms with van der Waals surface area (Å²) in [5, 5.41) is -0.111. The van der Waals surface area contributed by atoms with Crippen molar-refractivity contribution in [2.24, 2.45) is 0 Å². The van der Waals surface area contributed by atoms with Gasteiger partial charge in [0, 0.05) is 6.07 Å². The van der Waals surface area contributed by atoms with Crippen LogP contribution in [0.3, 0.4) is 0 Å². The highest BCUT2D eigenvalue weighted by Gasteiger charge is 2.40. The molecule has 0 fully saturated rings. The van der Waals surface area contributed by atoms with Gasteiger partial charge in [-0.05, 0) is 54.5 Å². The van der Waals surface area contributed by atoms with E-state index in [2.05, 4.69) is 0 Å². The molecule has 0 N–H and O–H groups in total. The Morgan fingerprint density at radius 2 is 1.68 bits per heavy atom. The molecule has 4 rings (SSSR count). The third kappa shape index (κ3) is 6.42. The molecule has 196 valence electrons. The summed E-state index contributed by atoms with van der Waals surface area (Å²) in [6.45, 7) is 2.23. The largest absolute Gasteiger partial charge is 0.489 e. The van der Waals surface area contributed by atoms with E-state index < -0.39 is 29.1 Å². The summed E-state index contributed by atoms with van der Waals surface area (Å²) in [7, 11) is 0. The molecule has 3 aromatic carbocycles. The van der Waals surface area contributed by atoms with Gasteiger partial charge in [-0.2, -0.15) is 13.2 Å². The van der Waals surface area contributed by atoms with Crippen LogP contribution >= 0.6 is 0 Å². The van der Waals surface area contributed by atoms with Gasteiger partial charge in [0.05, 0.1) is 17.6 Å². The van der Waals surface area contributed by atoms with Crippen molar-refractivity contribution in [1.82, 2.24) is 0 Å². The van der Waals surface area contributed by atoms with Gasteiger partial charge in [-0.25, -0.2) is 4.79 Å². The van der Waals surface area contributed by atoms with Gasteiger partial charge in [-0.15, -0.1) is 0 Å². The van der Waals surface area contributed by atoms with Gasteiger partial charge < -0.3 is 18.6 Å². The summed E-state index contributed by atoms with van der Waals surface area (Å²) >= 11 is 0. The summed E-state index contributed by atoms with van der Waals surface area (Å²) in [4.78, 5) is 25.0. The first-order chi connectivity index (χ1) is 18.3.